The molecule has 1 heterocycles. The quantitative estimate of drug-likeness (QED) is 0.809. The SMILES string of the molecule is CC1Cc2ccccc2N1C(=O)CCNCCc1cccc(Cl)c1. The van der Waals surface area contributed by atoms with E-state index < -0.39 is 0 Å². The van der Waals surface area contributed by atoms with Crippen molar-refractivity contribution in [3.63, 3.8) is 0 Å². The van der Waals surface area contributed by atoms with Crippen LogP contribution in [0.15, 0.2) is 48.5 Å². The number of para-hydroxylation sites is 1. The van der Waals surface area contributed by atoms with Crippen LogP contribution in [0.3, 0.4) is 0 Å². The van der Waals surface area contributed by atoms with Gasteiger partial charge in [0, 0.05) is 29.7 Å². The summed E-state index contributed by atoms with van der Waals surface area (Å²) in [6.45, 7) is 3.66. The maximum absolute atomic E-state index is 12.6. The number of carbonyl (C=O) groups is 1. The lowest BCUT2D eigenvalue weighted by molar-refractivity contribution is -0.118. The van der Waals surface area contributed by atoms with Gasteiger partial charge in [-0.3, -0.25) is 4.79 Å². The molecule has 3 nitrogen and oxygen atoms in total. The molecule has 1 aliphatic heterocycles. The fraction of sp³-hybridized carbons (Fsp3) is 0.350. The Bertz CT molecular complexity index is 716. The van der Waals surface area contributed by atoms with Crippen molar-refractivity contribution in [3.05, 3.63) is 64.7 Å². The van der Waals surface area contributed by atoms with Crippen LogP contribution < -0.4 is 10.2 Å². The third-order valence-corrected chi connectivity index (χ3v) is 4.71. The molecule has 2 aromatic rings. The first kappa shape index (κ1) is 17.0. The van der Waals surface area contributed by atoms with E-state index in [1.165, 1.54) is 11.1 Å². The molecular weight excluding hydrogens is 320 g/mol. The van der Waals surface area contributed by atoms with E-state index in [-0.39, 0.29) is 11.9 Å². The maximum Gasteiger partial charge on any atom is 0.228 e. The molecule has 0 fully saturated rings. The lowest BCUT2D eigenvalue weighted by Gasteiger charge is -2.22. The van der Waals surface area contributed by atoms with Gasteiger partial charge in [-0.05, 0) is 55.6 Å². The third-order valence-electron chi connectivity index (χ3n) is 4.47. The zero-order valence-electron chi connectivity index (χ0n) is 14.0. The molecule has 3 rings (SSSR count). The van der Waals surface area contributed by atoms with Crippen molar-refractivity contribution in [3.8, 4) is 0 Å². The molecule has 0 aromatic heterocycles. The number of hydrogen-bond acceptors (Lipinski definition) is 2. The van der Waals surface area contributed by atoms with Gasteiger partial charge in [0.2, 0.25) is 5.91 Å². The van der Waals surface area contributed by atoms with E-state index in [1.807, 2.05) is 41.3 Å². The lowest BCUT2D eigenvalue weighted by Crippen LogP contribution is -2.37. The number of carbonyl (C=O) groups excluding carboxylic acids is 1. The van der Waals surface area contributed by atoms with Gasteiger partial charge in [0.25, 0.3) is 0 Å². The molecule has 1 N–H and O–H groups in total. The summed E-state index contributed by atoms with van der Waals surface area (Å²) in [5.41, 5.74) is 3.56. The van der Waals surface area contributed by atoms with Gasteiger partial charge in [-0.25, -0.2) is 0 Å². The summed E-state index contributed by atoms with van der Waals surface area (Å²) in [4.78, 5) is 14.5. The average Bonchev–Trinajstić information content (AvgIpc) is 2.90. The Labute approximate surface area is 148 Å². The molecule has 1 aliphatic rings. The molecule has 0 bridgehead atoms. The molecule has 0 aliphatic carbocycles. The van der Waals surface area contributed by atoms with E-state index in [4.69, 9.17) is 11.6 Å². The molecule has 4 heteroatoms. The van der Waals surface area contributed by atoms with Crippen molar-refractivity contribution < 1.29 is 4.79 Å². The Hall–Kier alpha value is -1.84. The van der Waals surface area contributed by atoms with E-state index in [1.54, 1.807) is 0 Å². The maximum atomic E-state index is 12.6. The Morgan fingerprint density at radius 3 is 2.88 bits per heavy atom. The van der Waals surface area contributed by atoms with Gasteiger partial charge in [-0.1, -0.05) is 41.9 Å². The number of rotatable bonds is 6. The molecule has 24 heavy (non-hydrogen) atoms. The molecular formula is C20H23ClN2O. The predicted octanol–water partition coefficient (Wildman–Crippen LogP) is 3.84. The first-order valence-corrected chi connectivity index (χ1v) is 8.88. The fourth-order valence-corrected chi connectivity index (χ4v) is 3.52. The number of amides is 1. The fourth-order valence-electron chi connectivity index (χ4n) is 3.31. The number of nitrogens with one attached hydrogen (secondary N) is 1. The molecule has 1 unspecified atom stereocenters. The molecule has 2 aromatic carbocycles. The third kappa shape index (κ3) is 3.97. The van der Waals surface area contributed by atoms with E-state index >= 15 is 0 Å². The second-order valence-corrected chi connectivity index (χ2v) is 6.76. The Morgan fingerprint density at radius 1 is 1.21 bits per heavy atom. The summed E-state index contributed by atoms with van der Waals surface area (Å²) < 4.78 is 0. The first-order chi connectivity index (χ1) is 11.6. The minimum Gasteiger partial charge on any atom is -0.316 e. The zero-order valence-corrected chi connectivity index (χ0v) is 14.7. The smallest absolute Gasteiger partial charge is 0.228 e. The van der Waals surface area contributed by atoms with E-state index in [2.05, 4.69) is 24.4 Å². The number of halogens is 1. The van der Waals surface area contributed by atoms with Gasteiger partial charge < -0.3 is 10.2 Å². The molecule has 0 saturated heterocycles. The molecule has 0 radical (unpaired) electrons. The van der Waals surface area contributed by atoms with Gasteiger partial charge in [0.1, 0.15) is 0 Å². The Kier molecular flexibility index (Phi) is 5.54. The topological polar surface area (TPSA) is 32.3 Å². The summed E-state index contributed by atoms with van der Waals surface area (Å²) in [7, 11) is 0. The van der Waals surface area contributed by atoms with Crippen LogP contribution in [0.4, 0.5) is 5.69 Å². The molecule has 0 spiro atoms. The van der Waals surface area contributed by atoms with Crippen LogP contribution >= 0.6 is 11.6 Å². The standard InChI is InChI=1S/C20H23ClN2O/c1-15-13-17-6-2-3-8-19(17)23(15)20(24)10-12-22-11-9-16-5-4-7-18(21)14-16/h2-8,14-15,22H,9-13H2,1H3. The number of fused-ring (bicyclic) bond motifs is 1. The minimum absolute atomic E-state index is 0.197. The predicted molar refractivity (Wildman–Crippen MR) is 99.7 cm³/mol. The van der Waals surface area contributed by atoms with Crippen molar-refractivity contribution in [1.82, 2.24) is 5.32 Å². The van der Waals surface area contributed by atoms with Crippen LogP contribution in [-0.4, -0.2) is 25.0 Å². The van der Waals surface area contributed by atoms with Crippen LogP contribution in [0.25, 0.3) is 0 Å². The van der Waals surface area contributed by atoms with Crippen LogP contribution in [0.2, 0.25) is 5.02 Å². The minimum atomic E-state index is 0.197. The summed E-state index contributed by atoms with van der Waals surface area (Å²) >= 11 is 5.98. The second kappa shape index (κ2) is 7.82. The van der Waals surface area contributed by atoms with Gasteiger partial charge >= 0.3 is 0 Å². The van der Waals surface area contributed by atoms with Crippen LogP contribution in [-0.2, 0) is 17.6 Å². The average molecular weight is 343 g/mol. The molecule has 1 atom stereocenters. The van der Waals surface area contributed by atoms with Crippen LogP contribution in [0, 0.1) is 0 Å². The first-order valence-electron chi connectivity index (χ1n) is 8.50. The summed E-state index contributed by atoms with van der Waals surface area (Å²) in [5.74, 6) is 0.197. The Balaban J connectivity index is 1.45. The summed E-state index contributed by atoms with van der Waals surface area (Å²) in [6.07, 6.45) is 2.38. The highest BCUT2D eigenvalue weighted by molar-refractivity contribution is 6.30. The molecule has 126 valence electrons. The zero-order chi connectivity index (χ0) is 16.9. The highest BCUT2D eigenvalue weighted by Gasteiger charge is 2.29. The van der Waals surface area contributed by atoms with Gasteiger partial charge in [0.05, 0.1) is 0 Å². The van der Waals surface area contributed by atoms with Crippen LogP contribution in [0.5, 0.6) is 0 Å². The normalized spacial score (nSPS) is 16.2. The Morgan fingerprint density at radius 2 is 2.04 bits per heavy atom. The number of hydrogen-bond donors (Lipinski definition) is 1. The van der Waals surface area contributed by atoms with Crippen molar-refractivity contribution in [2.75, 3.05) is 18.0 Å². The van der Waals surface area contributed by atoms with E-state index in [0.29, 0.717) is 13.0 Å². The van der Waals surface area contributed by atoms with Gasteiger partial charge in [0.15, 0.2) is 0 Å². The highest BCUT2D eigenvalue weighted by Crippen LogP contribution is 2.32. The monoisotopic (exact) mass is 342 g/mol. The highest BCUT2D eigenvalue weighted by atomic mass is 35.5. The number of nitrogens with zero attached hydrogens (tertiary/aromatic N) is 1. The van der Waals surface area contributed by atoms with Crippen molar-refractivity contribution in [1.29, 1.82) is 0 Å². The summed E-state index contributed by atoms with van der Waals surface area (Å²) in [6, 6.07) is 16.3. The van der Waals surface area contributed by atoms with E-state index in [9.17, 15) is 4.79 Å². The number of anilines is 1. The van der Waals surface area contributed by atoms with Crippen molar-refractivity contribution in [2.45, 2.75) is 32.2 Å². The van der Waals surface area contributed by atoms with Gasteiger partial charge in [-0.2, -0.15) is 0 Å². The lowest BCUT2D eigenvalue weighted by atomic mass is 10.1. The van der Waals surface area contributed by atoms with E-state index in [0.717, 1.165) is 30.1 Å². The second-order valence-electron chi connectivity index (χ2n) is 6.33. The van der Waals surface area contributed by atoms with Crippen molar-refractivity contribution >= 4 is 23.2 Å². The number of benzene rings is 2. The largest absolute Gasteiger partial charge is 0.316 e. The molecule has 0 saturated carbocycles. The van der Waals surface area contributed by atoms with Crippen LogP contribution in [0.1, 0.15) is 24.5 Å². The van der Waals surface area contributed by atoms with Gasteiger partial charge in [-0.15, -0.1) is 0 Å². The van der Waals surface area contributed by atoms with Crippen molar-refractivity contribution in [2.24, 2.45) is 0 Å². The summed E-state index contributed by atoms with van der Waals surface area (Å²) in [5, 5.41) is 4.12. The molecule has 1 amide bonds.